The van der Waals surface area contributed by atoms with Crippen molar-refractivity contribution >= 4 is 83.4 Å². The van der Waals surface area contributed by atoms with Crippen molar-refractivity contribution in [2.24, 2.45) is 5.92 Å². The monoisotopic (exact) mass is 712 g/mol. The summed E-state index contributed by atoms with van der Waals surface area (Å²) < 4.78 is 5.20. The second-order valence-electron chi connectivity index (χ2n) is 14.4. The van der Waals surface area contributed by atoms with Crippen molar-refractivity contribution in [3.8, 4) is 5.69 Å². The lowest BCUT2D eigenvalue weighted by Crippen LogP contribution is -2.51. The zero-order valence-corrected chi connectivity index (χ0v) is 30.3. The van der Waals surface area contributed by atoms with E-state index in [2.05, 4.69) is 191 Å². The van der Waals surface area contributed by atoms with E-state index >= 15 is 0 Å². The summed E-state index contributed by atoms with van der Waals surface area (Å²) in [5.41, 5.74) is 9.79. The zero-order chi connectivity index (χ0) is 34.7. The Hall–Kier alpha value is -5.81. The number of hydrogen-bond donors (Lipinski definition) is 0. The third kappa shape index (κ3) is 4.00. The molecule has 0 bridgehead atoms. The first-order valence-corrected chi connectivity index (χ1v) is 20.0. The van der Waals surface area contributed by atoms with Crippen LogP contribution in [0.2, 0.25) is 0 Å². The predicted octanol–water partition coefficient (Wildman–Crippen LogP) is 11.5. The van der Waals surface area contributed by atoms with Gasteiger partial charge in [0.25, 0.3) is 0 Å². The number of thioether (sulfide) groups is 1. The number of fused-ring (bicyclic) bond motifs is 14. The molecular formula is C49H32N2S2. The van der Waals surface area contributed by atoms with E-state index in [-0.39, 0.29) is 11.2 Å². The van der Waals surface area contributed by atoms with E-state index < -0.39 is 5.41 Å². The molecule has 2 nitrogen and oxygen atoms in total. The molecule has 2 unspecified atom stereocenters. The Labute approximate surface area is 315 Å². The molecule has 3 aliphatic rings. The van der Waals surface area contributed by atoms with E-state index in [9.17, 15) is 0 Å². The van der Waals surface area contributed by atoms with Crippen LogP contribution >= 0.6 is 23.1 Å². The molecule has 250 valence electrons. The topological polar surface area (TPSA) is 8.17 Å². The molecular weight excluding hydrogens is 681 g/mol. The molecule has 0 N–H and O–H groups in total. The Morgan fingerprint density at radius 1 is 0.491 bits per heavy atom. The lowest BCUT2D eigenvalue weighted by Gasteiger charge is -2.53. The minimum atomic E-state index is -0.423. The van der Waals surface area contributed by atoms with Crippen LogP contribution in [-0.2, 0) is 5.41 Å². The minimum absolute atomic E-state index is 0.142. The van der Waals surface area contributed by atoms with E-state index in [1.807, 2.05) is 23.1 Å². The molecule has 53 heavy (non-hydrogen) atoms. The summed E-state index contributed by atoms with van der Waals surface area (Å²) in [5.74, 6) is 0.142. The Morgan fingerprint density at radius 3 is 1.94 bits per heavy atom. The molecule has 7 aromatic carbocycles. The van der Waals surface area contributed by atoms with Crippen LogP contribution in [0, 0.1) is 5.92 Å². The van der Waals surface area contributed by atoms with Crippen LogP contribution in [0.5, 0.6) is 0 Å². The fourth-order valence-corrected chi connectivity index (χ4v) is 12.3. The van der Waals surface area contributed by atoms with Gasteiger partial charge in [-0.15, -0.1) is 23.1 Å². The van der Waals surface area contributed by atoms with Gasteiger partial charge in [0.2, 0.25) is 0 Å². The van der Waals surface area contributed by atoms with Gasteiger partial charge in [0.1, 0.15) is 0 Å². The van der Waals surface area contributed by atoms with Crippen molar-refractivity contribution in [1.82, 2.24) is 4.57 Å². The number of rotatable bonds is 2. The fourth-order valence-electron chi connectivity index (χ4n) is 9.77. The van der Waals surface area contributed by atoms with Gasteiger partial charge < -0.3 is 9.47 Å². The maximum absolute atomic E-state index is 2.66. The van der Waals surface area contributed by atoms with Gasteiger partial charge in [-0.25, -0.2) is 0 Å². The molecule has 2 atom stereocenters. The van der Waals surface area contributed by atoms with Gasteiger partial charge in [-0.3, -0.25) is 0 Å². The van der Waals surface area contributed by atoms with Crippen LogP contribution < -0.4 is 15.5 Å². The highest BCUT2D eigenvalue weighted by Crippen LogP contribution is 2.64. The Morgan fingerprint density at radius 2 is 1.13 bits per heavy atom. The van der Waals surface area contributed by atoms with Gasteiger partial charge in [-0.05, 0) is 77.4 Å². The minimum Gasteiger partial charge on any atom is -0.310 e. The number of benzene rings is 7. The summed E-state index contributed by atoms with van der Waals surface area (Å²) in [6, 6.07) is 63.3. The second kappa shape index (κ2) is 11.1. The molecule has 0 saturated carbocycles. The van der Waals surface area contributed by atoms with Crippen LogP contribution in [0.15, 0.2) is 175 Å². The van der Waals surface area contributed by atoms with Crippen LogP contribution in [0.3, 0.4) is 0 Å². The SMILES string of the molecule is C1=c2c(n(-c3ccc4sc5ccccc5c4c3)c3ccccc23)=CC2C1Sc1ccccc1C21c2ccccc2N(c2ccccc2)c2ccccc21. The summed E-state index contributed by atoms with van der Waals surface area (Å²) in [5, 5.41) is 6.80. The average molecular weight is 713 g/mol. The molecule has 12 rings (SSSR count). The zero-order valence-electron chi connectivity index (χ0n) is 28.7. The smallest absolute Gasteiger partial charge is 0.0580 e. The maximum atomic E-state index is 2.66. The molecule has 0 saturated heterocycles. The van der Waals surface area contributed by atoms with Crippen molar-refractivity contribution in [2.45, 2.75) is 15.6 Å². The van der Waals surface area contributed by atoms with Gasteiger partial charge in [0.05, 0.1) is 27.7 Å². The molecule has 4 heterocycles. The molecule has 1 spiro atoms. The van der Waals surface area contributed by atoms with Crippen molar-refractivity contribution in [2.75, 3.05) is 4.90 Å². The summed E-state index contributed by atoms with van der Waals surface area (Å²) in [6.45, 7) is 0. The van der Waals surface area contributed by atoms with Gasteiger partial charge in [-0.1, -0.05) is 121 Å². The summed E-state index contributed by atoms with van der Waals surface area (Å²) in [4.78, 5) is 3.84. The van der Waals surface area contributed by atoms with E-state index in [1.54, 1.807) is 0 Å². The van der Waals surface area contributed by atoms with Gasteiger partial charge in [-0.2, -0.15) is 0 Å². The molecule has 4 heteroatoms. The number of hydrogen-bond acceptors (Lipinski definition) is 3. The van der Waals surface area contributed by atoms with Gasteiger partial charge in [0, 0.05) is 58.2 Å². The van der Waals surface area contributed by atoms with Crippen molar-refractivity contribution in [3.63, 3.8) is 0 Å². The van der Waals surface area contributed by atoms with Gasteiger partial charge in [0.15, 0.2) is 0 Å². The molecule has 0 fully saturated rings. The number of para-hydroxylation sites is 4. The van der Waals surface area contributed by atoms with Crippen LogP contribution in [-0.4, -0.2) is 9.82 Å². The standard InChI is InChI=1S/C49H32N2S2/c1-2-14-31(15-3-1)50-42-22-10-6-18-37(42)49(38-19-7-11-23-43(38)50)39-20-8-13-25-47(39)53-48-29-35-33-16-4-9-21-41(33)51(44(35)30-40(48)49)32-26-27-46-36(28-32)34-17-5-12-24-45(34)52-46/h1-30,40,48H. The molecule has 0 radical (unpaired) electrons. The van der Waals surface area contributed by atoms with Crippen molar-refractivity contribution in [1.29, 1.82) is 0 Å². The van der Waals surface area contributed by atoms with Crippen LogP contribution in [0.1, 0.15) is 16.7 Å². The van der Waals surface area contributed by atoms with Crippen LogP contribution in [0.4, 0.5) is 17.1 Å². The lowest BCUT2D eigenvalue weighted by atomic mass is 9.57. The third-order valence-corrected chi connectivity index (χ3v) is 14.3. The summed E-state index contributed by atoms with van der Waals surface area (Å²) in [6.07, 6.45) is 5.26. The molecule has 1 aliphatic carbocycles. The lowest BCUT2D eigenvalue weighted by molar-refractivity contribution is 0.464. The molecule has 2 aliphatic heterocycles. The molecule has 2 aromatic heterocycles. The first kappa shape index (κ1) is 29.7. The highest BCUT2D eigenvalue weighted by molar-refractivity contribution is 8.00. The number of thiophene rings is 1. The number of nitrogens with zero attached hydrogens (tertiary/aromatic N) is 2. The van der Waals surface area contributed by atoms with E-state index in [1.165, 1.54) is 86.0 Å². The molecule has 0 amide bonds. The van der Waals surface area contributed by atoms with E-state index in [0.717, 1.165) is 0 Å². The third-order valence-electron chi connectivity index (χ3n) is 11.8. The number of aromatic nitrogens is 1. The Bertz CT molecular complexity index is 3030. The number of anilines is 3. The highest BCUT2D eigenvalue weighted by atomic mass is 32.2. The second-order valence-corrected chi connectivity index (χ2v) is 16.7. The maximum Gasteiger partial charge on any atom is 0.0580 e. The first-order valence-electron chi connectivity index (χ1n) is 18.3. The summed E-state index contributed by atoms with van der Waals surface area (Å²) in [7, 11) is 0. The average Bonchev–Trinajstić information content (AvgIpc) is 3.75. The Balaban J connectivity index is 1.19. The predicted molar refractivity (Wildman–Crippen MR) is 225 cm³/mol. The fraction of sp³-hybridized carbons (Fsp3) is 0.0612. The summed E-state index contributed by atoms with van der Waals surface area (Å²) >= 11 is 3.91. The van der Waals surface area contributed by atoms with Crippen LogP contribution in [0.25, 0.3) is 48.9 Å². The largest absolute Gasteiger partial charge is 0.310 e. The van der Waals surface area contributed by atoms with Crippen molar-refractivity contribution < 1.29 is 0 Å². The highest BCUT2D eigenvalue weighted by Gasteiger charge is 2.55. The van der Waals surface area contributed by atoms with E-state index in [4.69, 9.17) is 0 Å². The molecule has 9 aromatic rings. The van der Waals surface area contributed by atoms with Crippen molar-refractivity contribution in [3.05, 3.63) is 197 Å². The Kier molecular flexibility index (Phi) is 6.23. The quantitative estimate of drug-likeness (QED) is 0.176. The normalized spacial score (nSPS) is 17.8. The van der Waals surface area contributed by atoms with Gasteiger partial charge >= 0.3 is 0 Å². The van der Waals surface area contributed by atoms with E-state index in [0.29, 0.717) is 0 Å². The first-order chi connectivity index (χ1) is 26.3.